The molecular formula is C10H16O. The van der Waals surface area contributed by atoms with Gasteiger partial charge in [-0.3, -0.25) is 4.79 Å². The summed E-state index contributed by atoms with van der Waals surface area (Å²) in [5.74, 6) is 1.05. The first-order valence-electron chi connectivity index (χ1n) is 4.40. The summed E-state index contributed by atoms with van der Waals surface area (Å²) < 4.78 is 0. The van der Waals surface area contributed by atoms with Crippen LogP contribution in [0.5, 0.6) is 0 Å². The number of carbonyl (C=O) groups is 1. The van der Waals surface area contributed by atoms with Crippen molar-refractivity contribution in [2.45, 2.75) is 32.6 Å². The van der Waals surface area contributed by atoms with E-state index in [0.29, 0.717) is 11.7 Å². The summed E-state index contributed by atoms with van der Waals surface area (Å²) in [6.45, 7) is 5.64. The van der Waals surface area contributed by atoms with Crippen molar-refractivity contribution in [2.24, 2.45) is 11.8 Å². The molecule has 1 saturated carbocycles. The first-order valence-corrected chi connectivity index (χ1v) is 4.40. The molecule has 0 N–H and O–H groups in total. The molecule has 0 aromatic carbocycles. The van der Waals surface area contributed by atoms with Gasteiger partial charge in [0.05, 0.1) is 0 Å². The van der Waals surface area contributed by atoms with Crippen LogP contribution in [-0.2, 0) is 4.79 Å². The van der Waals surface area contributed by atoms with Crippen LogP contribution in [0, 0.1) is 11.8 Å². The molecule has 1 aliphatic carbocycles. The van der Waals surface area contributed by atoms with E-state index < -0.39 is 0 Å². The minimum atomic E-state index is 0.206. The van der Waals surface area contributed by atoms with E-state index in [0.717, 1.165) is 19.3 Å². The van der Waals surface area contributed by atoms with E-state index in [1.807, 2.05) is 13.0 Å². The molecule has 0 aliphatic heterocycles. The maximum absolute atomic E-state index is 11.5. The fraction of sp³-hybridized carbons (Fsp3) is 0.700. The molecule has 0 unspecified atom stereocenters. The molecule has 0 amide bonds. The van der Waals surface area contributed by atoms with E-state index in [4.69, 9.17) is 0 Å². The lowest BCUT2D eigenvalue weighted by Crippen LogP contribution is -2.26. The summed E-state index contributed by atoms with van der Waals surface area (Å²) in [6, 6.07) is 0. The zero-order chi connectivity index (χ0) is 8.27. The Hall–Kier alpha value is -0.590. The number of Topliss-reactive ketones (excluding diaryl/α,β-unsaturated/α-hetero) is 1. The highest BCUT2D eigenvalue weighted by molar-refractivity contribution is 5.83. The van der Waals surface area contributed by atoms with Crippen LogP contribution in [0.1, 0.15) is 32.6 Å². The summed E-state index contributed by atoms with van der Waals surface area (Å²) in [5, 5.41) is 0. The van der Waals surface area contributed by atoms with Gasteiger partial charge >= 0.3 is 0 Å². The monoisotopic (exact) mass is 152 g/mol. The van der Waals surface area contributed by atoms with Crippen LogP contribution < -0.4 is 0 Å². The average molecular weight is 152 g/mol. The minimum absolute atomic E-state index is 0.206. The summed E-state index contributed by atoms with van der Waals surface area (Å²) in [5.41, 5.74) is 0. The fourth-order valence-electron chi connectivity index (χ4n) is 1.46. The summed E-state index contributed by atoms with van der Waals surface area (Å²) in [4.78, 5) is 11.5. The van der Waals surface area contributed by atoms with Crippen molar-refractivity contribution >= 4 is 5.78 Å². The van der Waals surface area contributed by atoms with Gasteiger partial charge in [0.1, 0.15) is 5.78 Å². The van der Waals surface area contributed by atoms with E-state index in [1.165, 1.54) is 6.42 Å². The topological polar surface area (TPSA) is 17.1 Å². The molecule has 1 heteroatoms. The number of ketones is 1. The summed E-state index contributed by atoms with van der Waals surface area (Å²) >= 11 is 0. The van der Waals surface area contributed by atoms with Gasteiger partial charge in [-0.15, -0.1) is 6.58 Å². The second kappa shape index (κ2) is 3.70. The van der Waals surface area contributed by atoms with Gasteiger partial charge in [-0.2, -0.15) is 0 Å². The third-order valence-electron chi connectivity index (χ3n) is 2.51. The Kier molecular flexibility index (Phi) is 2.86. The van der Waals surface area contributed by atoms with Crippen LogP contribution in [0.25, 0.3) is 0 Å². The highest BCUT2D eigenvalue weighted by Gasteiger charge is 2.27. The highest BCUT2D eigenvalue weighted by atomic mass is 16.1. The van der Waals surface area contributed by atoms with Crippen LogP contribution in [0.15, 0.2) is 12.7 Å². The predicted molar refractivity (Wildman–Crippen MR) is 46.3 cm³/mol. The minimum Gasteiger partial charge on any atom is -0.299 e. The number of hydrogen-bond donors (Lipinski definition) is 0. The molecule has 62 valence electrons. The van der Waals surface area contributed by atoms with Crippen molar-refractivity contribution in [1.29, 1.82) is 0 Å². The van der Waals surface area contributed by atoms with Gasteiger partial charge in [0.15, 0.2) is 0 Å². The molecule has 0 heterocycles. The molecule has 0 aromatic heterocycles. The molecule has 1 aliphatic rings. The summed E-state index contributed by atoms with van der Waals surface area (Å²) in [6.07, 6.45) is 6.18. The van der Waals surface area contributed by atoms with Crippen LogP contribution in [0.4, 0.5) is 0 Å². The standard InChI is InChI=1S/C10H16O/c1-3-5-8(2)10(11)9-6-4-7-9/h3,8-9H,1,4-7H2,2H3/t8-/m1/s1. The van der Waals surface area contributed by atoms with Gasteiger partial charge in [0.25, 0.3) is 0 Å². The molecule has 1 rings (SSSR count). The number of hydrogen-bond acceptors (Lipinski definition) is 1. The van der Waals surface area contributed by atoms with Crippen LogP contribution >= 0.6 is 0 Å². The summed E-state index contributed by atoms with van der Waals surface area (Å²) in [7, 11) is 0. The van der Waals surface area contributed by atoms with E-state index in [9.17, 15) is 4.79 Å². The van der Waals surface area contributed by atoms with Gasteiger partial charge < -0.3 is 0 Å². The molecule has 0 saturated heterocycles. The molecule has 1 fully saturated rings. The van der Waals surface area contributed by atoms with Crippen molar-refractivity contribution in [3.63, 3.8) is 0 Å². The predicted octanol–water partition coefficient (Wildman–Crippen LogP) is 2.57. The molecule has 0 aromatic rings. The van der Waals surface area contributed by atoms with E-state index in [1.54, 1.807) is 0 Å². The van der Waals surface area contributed by atoms with Crippen LogP contribution in [0.2, 0.25) is 0 Å². The Morgan fingerprint density at radius 3 is 2.73 bits per heavy atom. The van der Waals surface area contributed by atoms with Crippen molar-refractivity contribution in [2.75, 3.05) is 0 Å². The second-order valence-electron chi connectivity index (χ2n) is 3.46. The first kappa shape index (κ1) is 8.51. The largest absolute Gasteiger partial charge is 0.299 e. The Labute approximate surface area is 68.5 Å². The second-order valence-corrected chi connectivity index (χ2v) is 3.46. The number of rotatable bonds is 4. The van der Waals surface area contributed by atoms with Gasteiger partial charge in [0, 0.05) is 11.8 Å². The Morgan fingerprint density at radius 2 is 2.36 bits per heavy atom. The van der Waals surface area contributed by atoms with Crippen LogP contribution in [-0.4, -0.2) is 5.78 Å². The highest BCUT2D eigenvalue weighted by Crippen LogP contribution is 2.30. The SMILES string of the molecule is C=CC[C@@H](C)C(=O)C1CCC1. The van der Waals surface area contributed by atoms with Gasteiger partial charge in [-0.1, -0.05) is 19.4 Å². The third kappa shape index (κ3) is 1.92. The maximum atomic E-state index is 11.5. The van der Waals surface area contributed by atoms with Crippen molar-refractivity contribution in [3.05, 3.63) is 12.7 Å². The normalized spacial score (nSPS) is 20.5. The third-order valence-corrected chi connectivity index (χ3v) is 2.51. The molecular weight excluding hydrogens is 136 g/mol. The Balaban J connectivity index is 2.32. The number of allylic oxidation sites excluding steroid dienone is 1. The van der Waals surface area contributed by atoms with Gasteiger partial charge in [-0.05, 0) is 19.3 Å². The zero-order valence-corrected chi connectivity index (χ0v) is 7.18. The first-order chi connectivity index (χ1) is 5.25. The van der Waals surface area contributed by atoms with E-state index >= 15 is 0 Å². The molecule has 1 nitrogen and oxygen atoms in total. The van der Waals surface area contributed by atoms with Crippen molar-refractivity contribution < 1.29 is 4.79 Å². The quantitative estimate of drug-likeness (QED) is 0.566. The lowest BCUT2D eigenvalue weighted by molar-refractivity contribution is -0.128. The van der Waals surface area contributed by atoms with Crippen molar-refractivity contribution in [3.8, 4) is 0 Å². The molecule has 0 radical (unpaired) electrons. The molecule has 0 spiro atoms. The van der Waals surface area contributed by atoms with Gasteiger partial charge in [0.2, 0.25) is 0 Å². The molecule has 0 bridgehead atoms. The lowest BCUT2D eigenvalue weighted by Gasteiger charge is -2.26. The smallest absolute Gasteiger partial charge is 0.139 e. The van der Waals surface area contributed by atoms with E-state index in [2.05, 4.69) is 6.58 Å². The molecule has 1 atom stereocenters. The van der Waals surface area contributed by atoms with Crippen LogP contribution in [0.3, 0.4) is 0 Å². The fourth-order valence-corrected chi connectivity index (χ4v) is 1.46. The number of carbonyl (C=O) groups excluding carboxylic acids is 1. The Bertz CT molecular complexity index is 156. The zero-order valence-electron chi connectivity index (χ0n) is 7.18. The maximum Gasteiger partial charge on any atom is 0.139 e. The Morgan fingerprint density at radius 1 is 1.73 bits per heavy atom. The van der Waals surface area contributed by atoms with E-state index in [-0.39, 0.29) is 5.92 Å². The average Bonchev–Trinajstić information content (AvgIpc) is 1.84. The molecule has 11 heavy (non-hydrogen) atoms. The lowest BCUT2D eigenvalue weighted by atomic mass is 9.77. The van der Waals surface area contributed by atoms with Crippen molar-refractivity contribution in [1.82, 2.24) is 0 Å². The van der Waals surface area contributed by atoms with Gasteiger partial charge in [-0.25, -0.2) is 0 Å².